The van der Waals surface area contributed by atoms with Gasteiger partial charge in [-0.1, -0.05) is 15.9 Å². The van der Waals surface area contributed by atoms with Gasteiger partial charge in [0.15, 0.2) is 0 Å². The van der Waals surface area contributed by atoms with Crippen LogP contribution in [0.25, 0.3) is 0 Å². The van der Waals surface area contributed by atoms with E-state index in [0.717, 1.165) is 23.6 Å². The minimum Gasteiger partial charge on any atom is -0.374 e. The minimum absolute atomic E-state index is 0.758. The van der Waals surface area contributed by atoms with Gasteiger partial charge in [0, 0.05) is 42.1 Å². The van der Waals surface area contributed by atoms with E-state index in [9.17, 15) is 0 Å². The van der Waals surface area contributed by atoms with Crippen molar-refractivity contribution in [2.24, 2.45) is 0 Å². The van der Waals surface area contributed by atoms with Crippen molar-refractivity contribution in [2.75, 3.05) is 30.5 Å². The lowest BCUT2D eigenvalue weighted by atomic mass is 10.1. The molecule has 2 rings (SSSR count). The Bertz CT molecular complexity index is 393. The fourth-order valence-corrected chi connectivity index (χ4v) is 2.82. The summed E-state index contributed by atoms with van der Waals surface area (Å²) in [6.07, 6.45) is 4.84. The van der Waals surface area contributed by atoms with E-state index in [1.807, 2.05) is 11.8 Å². The van der Waals surface area contributed by atoms with E-state index in [4.69, 9.17) is 0 Å². The van der Waals surface area contributed by atoms with Crippen molar-refractivity contribution >= 4 is 33.4 Å². The highest BCUT2D eigenvalue weighted by Crippen LogP contribution is 2.26. The highest BCUT2D eigenvalue weighted by molar-refractivity contribution is 9.10. The molecule has 0 spiro atoms. The number of hydrogen-bond acceptors (Lipinski definition) is 3. The summed E-state index contributed by atoms with van der Waals surface area (Å²) in [5.74, 6) is 1.17. The highest BCUT2D eigenvalue weighted by Gasteiger charge is 2.20. The summed E-state index contributed by atoms with van der Waals surface area (Å²) in [6.45, 7) is 2.07. The molecule has 4 heteroatoms. The van der Waals surface area contributed by atoms with Crippen LogP contribution in [0.15, 0.2) is 22.7 Å². The molecular weight excluding hydrogens is 308 g/mol. The molecule has 0 amide bonds. The summed E-state index contributed by atoms with van der Waals surface area (Å²) >= 11 is 5.47. The Morgan fingerprint density at radius 2 is 2.22 bits per heavy atom. The van der Waals surface area contributed by atoms with Crippen molar-refractivity contribution in [2.45, 2.75) is 25.4 Å². The zero-order chi connectivity index (χ0) is 13.0. The summed E-state index contributed by atoms with van der Waals surface area (Å²) in [7, 11) is 2.18. The Morgan fingerprint density at radius 1 is 1.44 bits per heavy atom. The van der Waals surface area contributed by atoms with Crippen LogP contribution in [0.3, 0.4) is 0 Å². The molecule has 1 saturated carbocycles. The van der Waals surface area contributed by atoms with Gasteiger partial charge in [0.1, 0.15) is 0 Å². The molecule has 0 heterocycles. The fourth-order valence-electron chi connectivity index (χ4n) is 1.96. The Hall–Kier alpha value is -0.190. The van der Waals surface area contributed by atoms with Crippen LogP contribution in [-0.4, -0.2) is 31.6 Å². The number of benzene rings is 1. The van der Waals surface area contributed by atoms with Crippen LogP contribution in [0.5, 0.6) is 0 Å². The third-order valence-corrected chi connectivity index (χ3v) is 4.33. The van der Waals surface area contributed by atoms with Crippen molar-refractivity contribution in [1.82, 2.24) is 5.32 Å². The maximum Gasteiger partial charge on any atom is 0.0410 e. The average molecular weight is 329 g/mol. The minimum atomic E-state index is 0.758. The van der Waals surface area contributed by atoms with Gasteiger partial charge in [-0.15, -0.1) is 0 Å². The lowest BCUT2D eigenvalue weighted by Gasteiger charge is -2.22. The molecule has 18 heavy (non-hydrogen) atoms. The van der Waals surface area contributed by atoms with Gasteiger partial charge in [0.2, 0.25) is 0 Å². The standard InChI is InChI=1S/C14H21BrN2S/c1-17(7-8-18-2)14-6-3-12(15)9-11(14)10-16-13-4-5-13/h3,6,9,13,16H,4-5,7-8,10H2,1-2H3. The first-order valence-corrected chi connectivity index (χ1v) is 8.61. The van der Waals surface area contributed by atoms with Crippen LogP contribution >= 0.6 is 27.7 Å². The summed E-state index contributed by atoms with van der Waals surface area (Å²) in [6, 6.07) is 7.34. The van der Waals surface area contributed by atoms with Crippen LogP contribution < -0.4 is 10.2 Å². The summed E-state index contributed by atoms with van der Waals surface area (Å²) in [4.78, 5) is 2.35. The average Bonchev–Trinajstić information content (AvgIpc) is 3.17. The molecule has 0 bridgehead atoms. The SMILES string of the molecule is CSCCN(C)c1ccc(Br)cc1CNC1CC1. The molecule has 0 aliphatic heterocycles. The molecule has 1 aromatic carbocycles. The summed E-state index contributed by atoms with van der Waals surface area (Å²) in [5.41, 5.74) is 2.74. The van der Waals surface area contributed by atoms with E-state index in [0.29, 0.717) is 0 Å². The van der Waals surface area contributed by atoms with Gasteiger partial charge in [-0.25, -0.2) is 0 Å². The van der Waals surface area contributed by atoms with Gasteiger partial charge in [-0.2, -0.15) is 11.8 Å². The van der Waals surface area contributed by atoms with Gasteiger partial charge in [-0.05, 0) is 42.9 Å². The maximum atomic E-state index is 3.60. The molecule has 1 aliphatic rings. The van der Waals surface area contributed by atoms with E-state index in [2.05, 4.69) is 57.6 Å². The first-order chi connectivity index (χ1) is 8.70. The van der Waals surface area contributed by atoms with Crippen molar-refractivity contribution in [1.29, 1.82) is 0 Å². The van der Waals surface area contributed by atoms with Crippen molar-refractivity contribution in [3.63, 3.8) is 0 Å². The lowest BCUT2D eigenvalue weighted by molar-refractivity contribution is 0.686. The van der Waals surface area contributed by atoms with Crippen LogP contribution in [0.2, 0.25) is 0 Å². The van der Waals surface area contributed by atoms with Crippen molar-refractivity contribution in [3.05, 3.63) is 28.2 Å². The summed E-state index contributed by atoms with van der Waals surface area (Å²) < 4.78 is 1.16. The molecule has 2 nitrogen and oxygen atoms in total. The molecule has 0 atom stereocenters. The first-order valence-electron chi connectivity index (χ1n) is 6.42. The molecule has 1 aliphatic carbocycles. The van der Waals surface area contributed by atoms with Gasteiger partial charge in [0.05, 0.1) is 0 Å². The zero-order valence-corrected chi connectivity index (χ0v) is 13.5. The quantitative estimate of drug-likeness (QED) is 0.824. The van der Waals surface area contributed by atoms with E-state index in [1.165, 1.54) is 29.8 Å². The number of hydrogen-bond donors (Lipinski definition) is 1. The molecule has 0 radical (unpaired) electrons. The van der Waals surface area contributed by atoms with Crippen LogP contribution in [0.4, 0.5) is 5.69 Å². The molecule has 100 valence electrons. The van der Waals surface area contributed by atoms with Gasteiger partial charge >= 0.3 is 0 Å². The second-order valence-corrected chi connectivity index (χ2v) is 6.74. The van der Waals surface area contributed by atoms with Gasteiger partial charge < -0.3 is 10.2 Å². The Kier molecular flexibility index (Phi) is 5.39. The maximum absolute atomic E-state index is 3.60. The molecular formula is C14H21BrN2S. The molecule has 1 aromatic rings. The molecule has 1 fully saturated rings. The number of nitrogens with one attached hydrogen (secondary N) is 1. The smallest absolute Gasteiger partial charge is 0.0410 e. The Labute approximate surface area is 123 Å². The zero-order valence-electron chi connectivity index (χ0n) is 11.1. The first kappa shape index (κ1) is 14.2. The monoisotopic (exact) mass is 328 g/mol. The topological polar surface area (TPSA) is 15.3 Å². The number of nitrogens with zero attached hydrogens (tertiary/aromatic N) is 1. The largest absolute Gasteiger partial charge is 0.374 e. The highest BCUT2D eigenvalue weighted by atomic mass is 79.9. The Morgan fingerprint density at radius 3 is 2.89 bits per heavy atom. The second-order valence-electron chi connectivity index (χ2n) is 4.84. The van der Waals surface area contributed by atoms with Crippen LogP contribution in [0.1, 0.15) is 18.4 Å². The number of halogens is 1. The third kappa shape index (κ3) is 4.18. The Balaban J connectivity index is 2.05. The second kappa shape index (κ2) is 6.83. The van der Waals surface area contributed by atoms with Crippen molar-refractivity contribution < 1.29 is 0 Å². The number of anilines is 1. The lowest BCUT2D eigenvalue weighted by Crippen LogP contribution is -2.24. The molecule has 0 aromatic heterocycles. The normalized spacial score (nSPS) is 14.8. The van der Waals surface area contributed by atoms with E-state index < -0.39 is 0 Å². The number of thioether (sulfide) groups is 1. The van der Waals surface area contributed by atoms with Crippen LogP contribution in [-0.2, 0) is 6.54 Å². The number of rotatable bonds is 7. The predicted octanol–water partition coefficient (Wildman–Crippen LogP) is 3.50. The predicted molar refractivity (Wildman–Crippen MR) is 85.7 cm³/mol. The third-order valence-electron chi connectivity index (χ3n) is 3.24. The molecule has 0 saturated heterocycles. The molecule has 0 unspecified atom stereocenters. The van der Waals surface area contributed by atoms with E-state index in [-0.39, 0.29) is 0 Å². The van der Waals surface area contributed by atoms with Gasteiger partial charge in [-0.3, -0.25) is 0 Å². The van der Waals surface area contributed by atoms with E-state index in [1.54, 1.807) is 0 Å². The summed E-state index contributed by atoms with van der Waals surface area (Å²) in [5, 5.41) is 3.60. The van der Waals surface area contributed by atoms with Crippen molar-refractivity contribution in [3.8, 4) is 0 Å². The van der Waals surface area contributed by atoms with Crippen LogP contribution in [0, 0.1) is 0 Å². The fraction of sp³-hybridized carbons (Fsp3) is 0.571. The van der Waals surface area contributed by atoms with Gasteiger partial charge in [0.25, 0.3) is 0 Å². The van der Waals surface area contributed by atoms with E-state index >= 15 is 0 Å². The molecule has 1 N–H and O–H groups in total.